The highest BCUT2D eigenvalue weighted by atomic mass is 32.2. The van der Waals surface area contributed by atoms with Crippen LogP contribution in [0.4, 0.5) is 4.39 Å². The zero-order valence-electron chi connectivity index (χ0n) is 16.5. The Morgan fingerprint density at radius 3 is 2.47 bits per heavy atom. The van der Waals surface area contributed by atoms with Crippen molar-refractivity contribution < 1.29 is 26.6 Å². The predicted octanol–water partition coefficient (Wildman–Crippen LogP) is 2.96. The van der Waals surface area contributed by atoms with E-state index in [0.29, 0.717) is 54.8 Å². The molecule has 1 saturated heterocycles. The van der Waals surface area contributed by atoms with Crippen molar-refractivity contribution in [2.24, 2.45) is 0 Å². The fraction of sp³-hybridized carbons (Fsp3) is 0.421. The molecule has 1 aromatic carbocycles. The van der Waals surface area contributed by atoms with Crippen LogP contribution in [-0.4, -0.2) is 41.1 Å². The Kier molecular flexibility index (Phi) is 5.56. The van der Waals surface area contributed by atoms with Crippen LogP contribution in [0.3, 0.4) is 0 Å². The predicted molar refractivity (Wildman–Crippen MR) is 102 cm³/mol. The average Bonchev–Trinajstić information content (AvgIpc) is 3.34. The zero-order chi connectivity index (χ0) is 21.3. The van der Waals surface area contributed by atoms with Crippen molar-refractivity contribution in [2.45, 2.75) is 44.1 Å². The van der Waals surface area contributed by atoms with Crippen molar-refractivity contribution in [3.8, 4) is 5.75 Å². The molecule has 4 rings (SSSR count). The van der Waals surface area contributed by atoms with E-state index in [4.69, 9.17) is 13.8 Å². The fourth-order valence-corrected chi connectivity index (χ4v) is 5.26. The van der Waals surface area contributed by atoms with Gasteiger partial charge in [0.15, 0.2) is 18.2 Å². The first-order chi connectivity index (χ1) is 14.3. The molecule has 11 heteroatoms. The van der Waals surface area contributed by atoms with Gasteiger partial charge in [-0.3, -0.25) is 0 Å². The van der Waals surface area contributed by atoms with Gasteiger partial charge in [-0.05, 0) is 51.0 Å². The highest BCUT2D eigenvalue weighted by Gasteiger charge is 2.35. The van der Waals surface area contributed by atoms with Crippen molar-refractivity contribution in [1.82, 2.24) is 19.6 Å². The summed E-state index contributed by atoms with van der Waals surface area (Å²) >= 11 is 0. The van der Waals surface area contributed by atoms with Crippen molar-refractivity contribution in [3.05, 3.63) is 53.3 Å². The van der Waals surface area contributed by atoms with E-state index in [-0.39, 0.29) is 23.2 Å². The number of sulfonamides is 1. The summed E-state index contributed by atoms with van der Waals surface area (Å²) in [6.45, 7) is 3.96. The molecule has 0 saturated carbocycles. The van der Waals surface area contributed by atoms with Crippen LogP contribution in [0, 0.1) is 19.7 Å². The second-order valence-corrected chi connectivity index (χ2v) is 9.00. The molecule has 0 atom stereocenters. The van der Waals surface area contributed by atoms with Gasteiger partial charge in [0.05, 0.1) is 0 Å². The van der Waals surface area contributed by atoms with Gasteiger partial charge >= 0.3 is 0 Å². The second kappa shape index (κ2) is 8.15. The van der Waals surface area contributed by atoms with Crippen LogP contribution in [0.15, 0.2) is 38.2 Å². The first-order valence-electron chi connectivity index (χ1n) is 9.48. The third-order valence-corrected chi connectivity index (χ3v) is 7.19. The molecule has 0 radical (unpaired) electrons. The van der Waals surface area contributed by atoms with Gasteiger partial charge in [-0.1, -0.05) is 10.3 Å². The average molecular weight is 436 g/mol. The molecule has 2 aromatic heterocycles. The van der Waals surface area contributed by atoms with Crippen LogP contribution < -0.4 is 4.74 Å². The first-order valence-corrected chi connectivity index (χ1v) is 10.9. The number of hydrogen-bond donors (Lipinski definition) is 0. The van der Waals surface area contributed by atoms with E-state index >= 15 is 0 Å². The summed E-state index contributed by atoms with van der Waals surface area (Å²) in [5.74, 6) is 1.27. The summed E-state index contributed by atoms with van der Waals surface area (Å²) in [5, 5.41) is 7.76. The van der Waals surface area contributed by atoms with Crippen LogP contribution in [0.1, 0.15) is 41.9 Å². The molecule has 0 aliphatic carbocycles. The minimum absolute atomic E-state index is 0.00978. The number of benzene rings is 1. The van der Waals surface area contributed by atoms with E-state index in [1.54, 1.807) is 13.8 Å². The lowest BCUT2D eigenvalue weighted by Gasteiger charge is -2.29. The van der Waals surface area contributed by atoms with Gasteiger partial charge in [0.1, 0.15) is 22.2 Å². The van der Waals surface area contributed by atoms with Crippen LogP contribution in [-0.2, 0) is 16.6 Å². The molecule has 30 heavy (non-hydrogen) atoms. The monoisotopic (exact) mass is 436 g/mol. The fourth-order valence-electron chi connectivity index (χ4n) is 3.49. The van der Waals surface area contributed by atoms with Crippen molar-refractivity contribution in [1.29, 1.82) is 0 Å². The summed E-state index contributed by atoms with van der Waals surface area (Å²) in [5.41, 5.74) is 0.360. The number of aromatic nitrogens is 3. The Labute approximate surface area is 172 Å². The molecular formula is C19H21FN4O5S. The molecule has 0 bridgehead atoms. The van der Waals surface area contributed by atoms with Gasteiger partial charge in [-0.25, -0.2) is 12.8 Å². The van der Waals surface area contributed by atoms with E-state index in [9.17, 15) is 12.8 Å². The smallest absolute Gasteiger partial charge is 0.264 e. The van der Waals surface area contributed by atoms with E-state index in [2.05, 4.69) is 15.3 Å². The normalized spacial score (nSPS) is 16.1. The van der Waals surface area contributed by atoms with Gasteiger partial charge < -0.3 is 13.8 Å². The lowest BCUT2D eigenvalue weighted by molar-refractivity contribution is 0.241. The maximum Gasteiger partial charge on any atom is 0.264 e. The molecule has 1 fully saturated rings. The molecular weight excluding hydrogens is 415 g/mol. The molecule has 0 N–H and O–H groups in total. The lowest BCUT2D eigenvalue weighted by Crippen LogP contribution is -2.38. The Bertz CT molecular complexity index is 1100. The summed E-state index contributed by atoms with van der Waals surface area (Å²) in [4.78, 5) is 4.50. The minimum Gasteiger partial charge on any atom is -0.484 e. The van der Waals surface area contributed by atoms with Gasteiger partial charge in [-0.15, -0.1) is 0 Å². The number of rotatable bonds is 6. The van der Waals surface area contributed by atoms with Gasteiger partial charge in [0.2, 0.25) is 10.0 Å². The molecule has 1 aliphatic heterocycles. The van der Waals surface area contributed by atoms with E-state index in [0.717, 1.165) is 0 Å². The maximum atomic E-state index is 12.9. The number of ether oxygens (including phenoxy) is 1. The highest BCUT2D eigenvalue weighted by molar-refractivity contribution is 7.89. The van der Waals surface area contributed by atoms with Crippen LogP contribution >= 0.6 is 0 Å². The maximum absolute atomic E-state index is 12.9. The minimum atomic E-state index is -3.66. The Hall–Kier alpha value is -2.79. The Balaban J connectivity index is 1.36. The number of piperidine rings is 1. The third kappa shape index (κ3) is 4.08. The van der Waals surface area contributed by atoms with Crippen LogP contribution in [0.2, 0.25) is 0 Å². The number of halogens is 1. The molecule has 3 aromatic rings. The highest BCUT2D eigenvalue weighted by Crippen LogP contribution is 2.31. The van der Waals surface area contributed by atoms with Crippen molar-refractivity contribution in [3.63, 3.8) is 0 Å². The SMILES string of the molecule is Cc1noc(C)c1S(=O)(=O)N1CCC(c2noc(COc3ccc(F)cc3)n2)CC1. The third-order valence-electron chi connectivity index (χ3n) is 5.04. The molecule has 160 valence electrons. The van der Waals surface area contributed by atoms with E-state index in [1.807, 2.05) is 0 Å². The summed E-state index contributed by atoms with van der Waals surface area (Å²) in [7, 11) is -3.66. The van der Waals surface area contributed by atoms with Crippen molar-refractivity contribution in [2.75, 3.05) is 13.1 Å². The number of hydrogen-bond acceptors (Lipinski definition) is 8. The first kappa shape index (κ1) is 20.5. The molecule has 9 nitrogen and oxygen atoms in total. The van der Waals surface area contributed by atoms with Gasteiger partial charge in [-0.2, -0.15) is 9.29 Å². The van der Waals surface area contributed by atoms with E-state index < -0.39 is 10.0 Å². The van der Waals surface area contributed by atoms with Gasteiger partial charge in [0, 0.05) is 19.0 Å². The number of nitrogens with zero attached hydrogens (tertiary/aromatic N) is 4. The van der Waals surface area contributed by atoms with Crippen molar-refractivity contribution >= 4 is 10.0 Å². The standard InChI is InChI=1S/C19H21FN4O5S/c1-12-18(13(2)28-22-12)30(25,26)24-9-7-14(8-10-24)19-21-17(29-23-19)11-27-16-5-3-15(20)4-6-16/h3-6,14H,7-11H2,1-2H3. The Morgan fingerprint density at radius 1 is 1.13 bits per heavy atom. The van der Waals surface area contributed by atoms with E-state index in [1.165, 1.54) is 28.6 Å². The molecule has 0 unspecified atom stereocenters. The zero-order valence-corrected chi connectivity index (χ0v) is 17.4. The van der Waals surface area contributed by atoms with Crippen LogP contribution in [0.5, 0.6) is 5.75 Å². The molecule has 3 heterocycles. The quantitative estimate of drug-likeness (QED) is 0.580. The largest absolute Gasteiger partial charge is 0.484 e. The van der Waals surface area contributed by atoms with Gasteiger partial charge in [0.25, 0.3) is 5.89 Å². The summed E-state index contributed by atoms with van der Waals surface area (Å²) < 4.78 is 56.0. The molecule has 0 spiro atoms. The Morgan fingerprint density at radius 2 is 1.83 bits per heavy atom. The topological polar surface area (TPSA) is 112 Å². The summed E-state index contributed by atoms with van der Waals surface area (Å²) in [6, 6.07) is 5.64. The molecule has 1 aliphatic rings. The lowest BCUT2D eigenvalue weighted by atomic mass is 9.98. The molecule has 0 amide bonds. The number of aryl methyl sites for hydroxylation is 2. The van der Waals surface area contributed by atoms with Crippen LogP contribution in [0.25, 0.3) is 0 Å². The summed E-state index contributed by atoms with van der Waals surface area (Å²) in [6.07, 6.45) is 1.14. The second-order valence-electron chi connectivity index (χ2n) is 7.12.